The number of ether oxygens (including phenoxy) is 5. The molecule has 3 aliphatic rings. The van der Waals surface area contributed by atoms with E-state index in [1.165, 1.54) is 33.5 Å². The van der Waals surface area contributed by atoms with Gasteiger partial charge in [-0.1, -0.05) is 30.3 Å². The van der Waals surface area contributed by atoms with Gasteiger partial charge >= 0.3 is 0 Å². The van der Waals surface area contributed by atoms with Crippen molar-refractivity contribution in [3.63, 3.8) is 0 Å². The van der Waals surface area contributed by atoms with Crippen LogP contribution in [0.3, 0.4) is 0 Å². The summed E-state index contributed by atoms with van der Waals surface area (Å²) in [6.07, 6.45) is 3.76. The molecule has 1 aromatic heterocycles. The van der Waals surface area contributed by atoms with E-state index in [9.17, 15) is 22.4 Å². The van der Waals surface area contributed by atoms with E-state index in [2.05, 4.69) is 17.0 Å². The molecule has 14 nitrogen and oxygen atoms in total. The minimum absolute atomic E-state index is 0.0477. The molecule has 4 heterocycles. The maximum Gasteiger partial charge on any atom is 0.261 e. The van der Waals surface area contributed by atoms with Gasteiger partial charge in [0, 0.05) is 36.5 Å². The number of likely N-dealkylation sites (tertiary alicyclic amines) is 2. The summed E-state index contributed by atoms with van der Waals surface area (Å²) in [4.78, 5) is 37.3. The van der Waals surface area contributed by atoms with E-state index in [1.54, 1.807) is 24.3 Å². The summed E-state index contributed by atoms with van der Waals surface area (Å²) < 4.78 is 69.5. The van der Waals surface area contributed by atoms with Crippen molar-refractivity contribution in [1.29, 1.82) is 0 Å². The summed E-state index contributed by atoms with van der Waals surface area (Å²) in [5.41, 5.74) is 3.82. The zero-order valence-electron chi connectivity index (χ0n) is 34.1. The molecule has 8 rings (SSSR count). The van der Waals surface area contributed by atoms with Crippen LogP contribution in [0.2, 0.25) is 0 Å². The van der Waals surface area contributed by atoms with Gasteiger partial charge in [-0.25, -0.2) is 9.37 Å². The van der Waals surface area contributed by atoms with Crippen LogP contribution >= 0.6 is 0 Å². The lowest BCUT2D eigenvalue weighted by atomic mass is 9.76. The van der Waals surface area contributed by atoms with Crippen molar-refractivity contribution >= 4 is 32.8 Å². The van der Waals surface area contributed by atoms with Gasteiger partial charge in [0.2, 0.25) is 18.3 Å². The summed E-state index contributed by atoms with van der Waals surface area (Å²) in [6, 6.07) is 23.7. The van der Waals surface area contributed by atoms with Gasteiger partial charge in [-0.15, -0.1) is 0 Å². The van der Waals surface area contributed by atoms with Crippen molar-refractivity contribution in [2.24, 2.45) is 5.92 Å². The average Bonchev–Trinajstić information content (AvgIpc) is 4.00. The molecular formula is C44H49FN4O10S. The predicted molar refractivity (Wildman–Crippen MR) is 222 cm³/mol. The number of halogens is 1. The van der Waals surface area contributed by atoms with Crippen LogP contribution < -0.4 is 23.7 Å². The number of carbonyl (C=O) groups excluding carboxylic acids is 2. The third-order valence-corrected chi connectivity index (χ3v) is 11.5. The zero-order chi connectivity index (χ0) is 42.6. The molecule has 3 aliphatic heterocycles. The monoisotopic (exact) mass is 844 g/mol. The first-order valence-corrected chi connectivity index (χ1v) is 21.5. The highest BCUT2D eigenvalue weighted by molar-refractivity contribution is 7.85. The zero-order valence-corrected chi connectivity index (χ0v) is 34.9. The number of benzene rings is 4. The molecule has 4 aromatic carbocycles. The Morgan fingerprint density at radius 2 is 1.57 bits per heavy atom. The number of nitrogens with zero attached hydrogens (tertiary/aromatic N) is 4. The number of para-hydroxylation sites is 2. The predicted octanol–water partition coefficient (Wildman–Crippen LogP) is 6.25. The molecular weight excluding hydrogens is 796 g/mol. The lowest BCUT2D eigenvalue weighted by molar-refractivity contribution is 0.0777. The Balaban J connectivity index is 0.00000103. The normalized spacial score (nSPS) is 17.9. The number of methoxy groups -OCH3 is 3. The number of fused-ring (bicyclic) bond motifs is 2. The molecule has 1 atom stereocenters. The maximum atomic E-state index is 14.1. The Morgan fingerprint density at radius 1 is 0.900 bits per heavy atom. The van der Waals surface area contributed by atoms with Crippen LogP contribution in [-0.4, -0.2) is 111 Å². The topological polar surface area (TPSA) is 159 Å². The van der Waals surface area contributed by atoms with Gasteiger partial charge in [0.25, 0.3) is 16.0 Å². The number of rotatable bonds is 12. The average molecular weight is 845 g/mol. The number of hydrogen-bond donors (Lipinski definition) is 1. The van der Waals surface area contributed by atoms with E-state index in [1.807, 2.05) is 39.8 Å². The molecule has 0 radical (unpaired) electrons. The molecule has 5 aromatic rings. The van der Waals surface area contributed by atoms with Crippen LogP contribution in [-0.2, 0) is 22.1 Å². The van der Waals surface area contributed by atoms with Crippen LogP contribution in [0, 0.1) is 11.7 Å². The van der Waals surface area contributed by atoms with Crippen LogP contribution in [0.25, 0.3) is 11.0 Å². The molecule has 0 aliphatic carbocycles. The van der Waals surface area contributed by atoms with Gasteiger partial charge < -0.3 is 38.1 Å². The smallest absolute Gasteiger partial charge is 0.261 e. The molecule has 2 fully saturated rings. The standard InChI is InChI=1S/C43H45FN4O7.CH4O3S/c1-51-37-22-30(23-38(52-2)40(37)53-3)42(50)47-21-17-43(26-47,31-10-13-35-36(24-31)55-27-54-35)16-20-46-18-14-29(15-19-46)39(49)41-45-33-6-4-5-7-34(33)48(41)25-28-8-11-32(44)12-9-28;1-5(2,3)4/h4-13,22-24,29H,14-21,25-27H2,1-3H3;1H3,(H,2,3,4). The third kappa shape index (κ3) is 9.35. The molecule has 0 bridgehead atoms. The highest BCUT2D eigenvalue weighted by atomic mass is 32.2. The highest BCUT2D eigenvalue weighted by Crippen LogP contribution is 2.44. The van der Waals surface area contributed by atoms with E-state index in [4.69, 9.17) is 33.2 Å². The number of carbonyl (C=O) groups is 2. The third-order valence-electron chi connectivity index (χ3n) is 11.5. The fourth-order valence-corrected chi connectivity index (χ4v) is 8.41. The number of aromatic nitrogens is 2. The molecule has 1 N–H and O–H groups in total. The molecule has 0 saturated carbocycles. The first-order chi connectivity index (χ1) is 28.8. The molecule has 1 unspecified atom stereocenters. The Kier molecular flexibility index (Phi) is 12.6. The van der Waals surface area contributed by atoms with Crippen LogP contribution in [0.1, 0.15) is 57.8 Å². The Hall–Kier alpha value is -5.71. The van der Waals surface area contributed by atoms with Gasteiger partial charge in [-0.05, 0) is 105 Å². The number of hydrogen-bond acceptors (Lipinski definition) is 11. The number of Topliss-reactive ketones (excluding diaryl/α,β-unsaturated/α-hetero) is 1. The number of ketones is 1. The van der Waals surface area contributed by atoms with Gasteiger partial charge in [-0.3, -0.25) is 14.1 Å². The van der Waals surface area contributed by atoms with E-state index >= 15 is 0 Å². The van der Waals surface area contributed by atoms with E-state index in [0.717, 1.165) is 79.0 Å². The Bertz CT molecular complexity index is 2440. The molecule has 60 heavy (non-hydrogen) atoms. The molecule has 16 heteroatoms. The second kappa shape index (κ2) is 17.9. The Labute approximate surface area is 348 Å². The highest BCUT2D eigenvalue weighted by Gasteiger charge is 2.43. The maximum absolute atomic E-state index is 14.1. The summed E-state index contributed by atoms with van der Waals surface area (Å²) >= 11 is 0. The van der Waals surface area contributed by atoms with Crippen LogP contribution in [0.15, 0.2) is 78.9 Å². The van der Waals surface area contributed by atoms with Crippen molar-refractivity contribution in [1.82, 2.24) is 19.4 Å². The summed E-state index contributed by atoms with van der Waals surface area (Å²) in [6.45, 7) is 4.10. The quantitative estimate of drug-likeness (QED) is 0.111. The summed E-state index contributed by atoms with van der Waals surface area (Å²) in [7, 11) is 0.951. The van der Waals surface area contributed by atoms with Gasteiger partial charge in [0.15, 0.2) is 28.8 Å². The van der Waals surface area contributed by atoms with Crippen molar-refractivity contribution in [3.05, 3.63) is 107 Å². The minimum Gasteiger partial charge on any atom is -0.493 e. The SMILES string of the molecule is COc1cc(C(=O)N2CCC(CCN3CCC(C(=O)c4nc5ccccc5n4Cc4ccc(F)cc4)CC3)(c3ccc4c(c3)OCO4)C2)cc(OC)c1OC.CS(=O)(=O)O. The lowest BCUT2D eigenvalue weighted by Gasteiger charge is -2.36. The van der Waals surface area contributed by atoms with Crippen molar-refractivity contribution in [2.45, 2.75) is 37.6 Å². The molecule has 2 saturated heterocycles. The van der Waals surface area contributed by atoms with Crippen molar-refractivity contribution in [2.75, 3.05) is 67.1 Å². The van der Waals surface area contributed by atoms with E-state index in [0.29, 0.717) is 54.5 Å². The first-order valence-electron chi connectivity index (χ1n) is 19.7. The second-order valence-corrected chi connectivity index (χ2v) is 16.8. The number of amides is 1. The fraction of sp³-hybridized carbons (Fsp3) is 0.386. The van der Waals surface area contributed by atoms with E-state index in [-0.39, 0.29) is 35.6 Å². The molecule has 1 amide bonds. The fourth-order valence-electron chi connectivity index (χ4n) is 8.41. The van der Waals surface area contributed by atoms with Crippen LogP contribution in [0.5, 0.6) is 28.7 Å². The number of piperidine rings is 1. The number of imidazole rings is 1. The molecule has 318 valence electrons. The summed E-state index contributed by atoms with van der Waals surface area (Å²) in [5.74, 6) is 2.69. The summed E-state index contributed by atoms with van der Waals surface area (Å²) in [5, 5.41) is 0. The lowest BCUT2D eigenvalue weighted by Crippen LogP contribution is -2.41. The van der Waals surface area contributed by atoms with E-state index < -0.39 is 10.1 Å². The van der Waals surface area contributed by atoms with Crippen molar-refractivity contribution < 1.29 is 50.6 Å². The van der Waals surface area contributed by atoms with Crippen LogP contribution in [0.4, 0.5) is 4.39 Å². The first kappa shape index (κ1) is 42.4. The van der Waals surface area contributed by atoms with Crippen molar-refractivity contribution in [3.8, 4) is 28.7 Å². The largest absolute Gasteiger partial charge is 0.493 e. The van der Waals surface area contributed by atoms with Gasteiger partial charge in [0.1, 0.15) is 5.82 Å². The minimum atomic E-state index is -3.67. The molecule has 0 spiro atoms. The van der Waals surface area contributed by atoms with Gasteiger partial charge in [-0.2, -0.15) is 8.42 Å². The Morgan fingerprint density at radius 3 is 2.23 bits per heavy atom. The van der Waals surface area contributed by atoms with Gasteiger partial charge in [0.05, 0.1) is 38.6 Å². The second-order valence-electron chi connectivity index (χ2n) is 15.3.